The van der Waals surface area contributed by atoms with E-state index in [1.165, 1.54) is 11.8 Å². The highest BCUT2D eigenvalue weighted by Gasteiger charge is 2.16. The van der Waals surface area contributed by atoms with Gasteiger partial charge in [0.05, 0.1) is 23.9 Å². The summed E-state index contributed by atoms with van der Waals surface area (Å²) < 4.78 is 5.20. The Labute approximate surface area is 133 Å². The third-order valence-corrected chi connectivity index (χ3v) is 4.68. The van der Waals surface area contributed by atoms with Gasteiger partial charge in [0, 0.05) is 18.8 Å². The molecule has 116 valence electrons. The number of ether oxygens (including phenoxy) is 1. The molecule has 0 saturated heterocycles. The highest BCUT2D eigenvalue weighted by Crippen LogP contribution is 2.25. The van der Waals surface area contributed by atoms with E-state index in [0.717, 1.165) is 46.9 Å². The van der Waals surface area contributed by atoms with E-state index in [1.54, 1.807) is 12.0 Å². The van der Waals surface area contributed by atoms with Crippen molar-refractivity contribution in [2.75, 3.05) is 19.9 Å². The van der Waals surface area contributed by atoms with Crippen molar-refractivity contribution in [1.82, 2.24) is 14.9 Å². The van der Waals surface area contributed by atoms with Crippen molar-refractivity contribution < 1.29 is 9.53 Å². The van der Waals surface area contributed by atoms with E-state index in [4.69, 9.17) is 4.74 Å². The molecule has 0 fully saturated rings. The van der Waals surface area contributed by atoms with Crippen molar-refractivity contribution in [2.45, 2.75) is 24.4 Å². The van der Waals surface area contributed by atoms with Gasteiger partial charge in [0.1, 0.15) is 5.75 Å². The first-order chi connectivity index (χ1) is 10.7. The summed E-state index contributed by atoms with van der Waals surface area (Å²) in [4.78, 5) is 21.7. The lowest BCUT2D eigenvalue weighted by molar-refractivity contribution is -0.125. The zero-order valence-corrected chi connectivity index (χ0v) is 13.6. The van der Waals surface area contributed by atoms with Gasteiger partial charge in [0.25, 0.3) is 0 Å². The van der Waals surface area contributed by atoms with Crippen LogP contribution < -0.4 is 4.74 Å². The monoisotopic (exact) mass is 317 g/mol. The van der Waals surface area contributed by atoms with Gasteiger partial charge >= 0.3 is 0 Å². The highest BCUT2D eigenvalue weighted by molar-refractivity contribution is 7.99. The number of carbonyl (C=O) groups is 1. The Morgan fingerprint density at radius 3 is 3.09 bits per heavy atom. The van der Waals surface area contributed by atoms with Gasteiger partial charge < -0.3 is 14.6 Å². The highest BCUT2D eigenvalue weighted by atomic mass is 32.2. The van der Waals surface area contributed by atoms with E-state index < -0.39 is 0 Å². The number of fused-ring (bicyclic) bond motifs is 1. The quantitative estimate of drug-likeness (QED) is 0.861. The largest absolute Gasteiger partial charge is 0.497 e. The molecule has 22 heavy (non-hydrogen) atoms. The number of benzene rings is 1. The van der Waals surface area contributed by atoms with Gasteiger partial charge in [-0.15, -0.1) is 0 Å². The molecule has 1 aliphatic carbocycles. The third kappa shape index (κ3) is 3.11. The zero-order chi connectivity index (χ0) is 15.5. The fourth-order valence-electron chi connectivity index (χ4n) is 2.51. The minimum atomic E-state index is 0.108. The number of allylic oxidation sites excluding steroid dienone is 2. The molecule has 1 aliphatic rings. The van der Waals surface area contributed by atoms with Crippen LogP contribution >= 0.6 is 11.8 Å². The fraction of sp³-hybridized carbons (Fsp3) is 0.375. The average molecular weight is 317 g/mol. The zero-order valence-electron chi connectivity index (χ0n) is 12.8. The first-order valence-electron chi connectivity index (χ1n) is 7.29. The molecule has 0 unspecified atom stereocenters. The lowest BCUT2D eigenvalue weighted by Crippen LogP contribution is -2.27. The lowest BCUT2D eigenvalue weighted by atomic mass is 10.3. The number of amides is 1. The van der Waals surface area contributed by atoms with E-state index in [-0.39, 0.29) is 5.91 Å². The number of aromatic amines is 1. The number of hydrogen-bond donors (Lipinski definition) is 1. The Kier molecular flexibility index (Phi) is 4.38. The molecular formula is C16H19N3O2S. The molecule has 1 heterocycles. The molecule has 0 atom stereocenters. The van der Waals surface area contributed by atoms with Crippen molar-refractivity contribution in [3.05, 3.63) is 30.0 Å². The van der Waals surface area contributed by atoms with Crippen LogP contribution in [0.1, 0.15) is 19.3 Å². The third-order valence-electron chi connectivity index (χ3n) is 3.82. The molecule has 0 aliphatic heterocycles. The molecule has 0 radical (unpaired) electrons. The molecule has 1 amide bonds. The van der Waals surface area contributed by atoms with Gasteiger partial charge in [-0.05, 0) is 31.4 Å². The molecule has 6 heteroatoms. The predicted molar refractivity (Wildman–Crippen MR) is 88.1 cm³/mol. The summed E-state index contributed by atoms with van der Waals surface area (Å²) in [5.74, 6) is 1.28. The van der Waals surface area contributed by atoms with Crippen LogP contribution in [0.3, 0.4) is 0 Å². The van der Waals surface area contributed by atoms with E-state index in [9.17, 15) is 4.79 Å². The first kappa shape index (κ1) is 15.0. The first-order valence-corrected chi connectivity index (χ1v) is 8.28. The minimum Gasteiger partial charge on any atom is -0.497 e. The summed E-state index contributed by atoms with van der Waals surface area (Å²) in [5.41, 5.74) is 2.93. The Morgan fingerprint density at radius 1 is 1.50 bits per heavy atom. The second-order valence-corrected chi connectivity index (χ2v) is 6.22. The summed E-state index contributed by atoms with van der Waals surface area (Å²) in [6, 6.07) is 5.69. The number of rotatable bonds is 5. The van der Waals surface area contributed by atoms with Gasteiger partial charge in [-0.3, -0.25) is 4.79 Å². The minimum absolute atomic E-state index is 0.108. The standard InChI is InChI=1S/C16H19N3O2S/c1-19(11-5-3-4-6-11)15(20)10-22-16-17-13-8-7-12(21-2)9-14(13)18-16/h5,7-9H,3-4,6,10H2,1-2H3,(H,17,18). The molecule has 1 aromatic heterocycles. The second-order valence-electron chi connectivity index (χ2n) is 5.25. The number of nitrogens with zero attached hydrogens (tertiary/aromatic N) is 2. The van der Waals surface area contributed by atoms with Crippen LogP contribution in [0.25, 0.3) is 11.0 Å². The summed E-state index contributed by atoms with van der Waals surface area (Å²) in [6.07, 6.45) is 5.37. The van der Waals surface area contributed by atoms with E-state index in [0.29, 0.717) is 5.75 Å². The summed E-state index contributed by atoms with van der Waals surface area (Å²) in [6.45, 7) is 0. The van der Waals surface area contributed by atoms with Crippen molar-refractivity contribution in [2.24, 2.45) is 0 Å². The van der Waals surface area contributed by atoms with Crippen LogP contribution in [-0.4, -0.2) is 40.7 Å². The Balaban J connectivity index is 1.64. The van der Waals surface area contributed by atoms with E-state index >= 15 is 0 Å². The predicted octanol–water partition coefficient (Wildman–Crippen LogP) is 3.19. The number of H-pyrrole nitrogens is 1. The van der Waals surface area contributed by atoms with E-state index in [1.807, 2.05) is 25.2 Å². The average Bonchev–Trinajstić information content (AvgIpc) is 3.19. The number of imidazole rings is 1. The number of carbonyl (C=O) groups excluding carboxylic acids is 1. The topological polar surface area (TPSA) is 58.2 Å². The Bertz CT molecular complexity index is 723. The second kappa shape index (κ2) is 6.44. The molecule has 5 nitrogen and oxygen atoms in total. The van der Waals surface area contributed by atoms with Gasteiger partial charge in [-0.1, -0.05) is 17.8 Å². The van der Waals surface area contributed by atoms with Crippen molar-refractivity contribution in [1.29, 1.82) is 0 Å². The smallest absolute Gasteiger partial charge is 0.236 e. The van der Waals surface area contributed by atoms with E-state index in [2.05, 4.69) is 16.0 Å². The van der Waals surface area contributed by atoms with Crippen LogP contribution in [0.15, 0.2) is 35.1 Å². The van der Waals surface area contributed by atoms with Crippen LogP contribution in [0.5, 0.6) is 5.75 Å². The summed E-state index contributed by atoms with van der Waals surface area (Å²) in [7, 11) is 3.49. The van der Waals surface area contributed by atoms with Gasteiger partial charge in [-0.25, -0.2) is 4.98 Å². The Morgan fingerprint density at radius 2 is 2.36 bits per heavy atom. The molecular weight excluding hydrogens is 298 g/mol. The fourth-order valence-corrected chi connectivity index (χ4v) is 3.31. The van der Waals surface area contributed by atoms with Gasteiger partial charge in [-0.2, -0.15) is 0 Å². The van der Waals surface area contributed by atoms with Gasteiger partial charge in [0.2, 0.25) is 5.91 Å². The molecule has 0 spiro atoms. The van der Waals surface area contributed by atoms with Crippen molar-refractivity contribution in [3.63, 3.8) is 0 Å². The number of thioether (sulfide) groups is 1. The van der Waals surface area contributed by atoms with Crippen molar-refractivity contribution >= 4 is 28.7 Å². The van der Waals surface area contributed by atoms with Gasteiger partial charge in [0.15, 0.2) is 5.16 Å². The summed E-state index contributed by atoms with van der Waals surface area (Å²) in [5, 5.41) is 0.755. The van der Waals surface area contributed by atoms with Crippen LogP contribution in [0, 0.1) is 0 Å². The number of hydrogen-bond acceptors (Lipinski definition) is 4. The molecule has 0 bridgehead atoms. The maximum Gasteiger partial charge on any atom is 0.236 e. The molecule has 0 saturated carbocycles. The number of nitrogens with one attached hydrogen (secondary N) is 1. The maximum absolute atomic E-state index is 12.2. The van der Waals surface area contributed by atoms with Crippen LogP contribution in [-0.2, 0) is 4.79 Å². The lowest BCUT2D eigenvalue weighted by Gasteiger charge is -2.17. The molecule has 1 N–H and O–H groups in total. The molecule has 3 rings (SSSR count). The normalized spacial score (nSPS) is 14.2. The van der Waals surface area contributed by atoms with Crippen molar-refractivity contribution in [3.8, 4) is 5.75 Å². The number of aromatic nitrogens is 2. The maximum atomic E-state index is 12.2. The number of methoxy groups -OCH3 is 1. The SMILES string of the molecule is COc1ccc2nc(SCC(=O)N(C)C3=CCCC3)[nH]c2c1. The summed E-state index contributed by atoms with van der Waals surface area (Å²) >= 11 is 1.43. The van der Waals surface area contributed by atoms with Crippen LogP contribution in [0.4, 0.5) is 0 Å². The Hall–Kier alpha value is -1.95. The molecule has 1 aromatic carbocycles. The molecule has 2 aromatic rings. The van der Waals surface area contributed by atoms with Crippen LogP contribution in [0.2, 0.25) is 0 Å².